The summed E-state index contributed by atoms with van der Waals surface area (Å²) in [5.74, 6) is 0.0435. The van der Waals surface area contributed by atoms with Crippen LogP contribution in [0.15, 0.2) is 12.1 Å². The molecule has 1 aromatic rings. The lowest BCUT2D eigenvalue weighted by atomic mass is 9.74. The quantitative estimate of drug-likeness (QED) is 0.694. The molecule has 2 N–H and O–H groups in total. The van der Waals surface area contributed by atoms with Gasteiger partial charge in [-0.15, -0.1) is 12.4 Å². The summed E-state index contributed by atoms with van der Waals surface area (Å²) in [5, 5.41) is 5.74. The molecule has 144 valence electrons. The van der Waals surface area contributed by atoms with Crippen molar-refractivity contribution in [3.05, 3.63) is 28.8 Å². The fraction of sp³-hybridized carbons (Fsp3) is 0.526. The van der Waals surface area contributed by atoms with Gasteiger partial charge in [-0.05, 0) is 38.4 Å². The number of amides is 3. The number of imide groups is 1. The minimum atomic E-state index is -0.586. The molecule has 0 saturated carbocycles. The van der Waals surface area contributed by atoms with Crippen LogP contribution in [0.2, 0.25) is 0 Å². The van der Waals surface area contributed by atoms with Gasteiger partial charge in [0.2, 0.25) is 11.8 Å². The van der Waals surface area contributed by atoms with Crippen molar-refractivity contribution < 1.29 is 19.1 Å². The Bertz CT molecular complexity index is 834. The average Bonchev–Trinajstić information content (AvgIpc) is 3.15. The zero-order valence-corrected chi connectivity index (χ0v) is 15.7. The fourth-order valence-electron chi connectivity index (χ4n) is 4.80. The second-order valence-electron chi connectivity index (χ2n) is 7.69. The Morgan fingerprint density at radius 2 is 1.93 bits per heavy atom. The number of piperidine rings is 2. The highest BCUT2D eigenvalue weighted by molar-refractivity contribution is 6.05. The molecule has 4 aliphatic rings. The van der Waals surface area contributed by atoms with E-state index < -0.39 is 6.04 Å². The van der Waals surface area contributed by atoms with Gasteiger partial charge in [0.05, 0.1) is 13.2 Å². The minimum Gasteiger partial charge on any atom is -0.492 e. The number of halogens is 1. The van der Waals surface area contributed by atoms with Gasteiger partial charge >= 0.3 is 0 Å². The van der Waals surface area contributed by atoms with Crippen molar-refractivity contribution in [1.82, 2.24) is 15.5 Å². The van der Waals surface area contributed by atoms with Crippen molar-refractivity contribution in [2.24, 2.45) is 0 Å². The predicted octanol–water partition coefficient (Wildman–Crippen LogP) is 0.883. The number of hydrogen-bond donors (Lipinski definition) is 2. The van der Waals surface area contributed by atoms with E-state index in [4.69, 9.17) is 4.74 Å². The molecule has 1 atom stereocenters. The van der Waals surface area contributed by atoms with E-state index in [-0.39, 0.29) is 42.0 Å². The summed E-state index contributed by atoms with van der Waals surface area (Å²) in [6.45, 7) is 2.98. The molecule has 0 bridgehead atoms. The van der Waals surface area contributed by atoms with Gasteiger partial charge < -0.3 is 15.0 Å². The molecule has 0 aromatic heterocycles. The fourth-order valence-corrected chi connectivity index (χ4v) is 4.80. The molecule has 7 nitrogen and oxygen atoms in total. The first-order valence-electron chi connectivity index (χ1n) is 9.24. The Morgan fingerprint density at radius 3 is 2.67 bits per heavy atom. The topological polar surface area (TPSA) is 87.7 Å². The number of ether oxygens (including phenoxy) is 1. The highest BCUT2D eigenvalue weighted by Crippen LogP contribution is 2.48. The summed E-state index contributed by atoms with van der Waals surface area (Å²) in [4.78, 5) is 38.1. The van der Waals surface area contributed by atoms with E-state index in [1.165, 1.54) is 5.56 Å². The molecule has 1 spiro atoms. The van der Waals surface area contributed by atoms with Crippen LogP contribution in [0.4, 0.5) is 0 Å². The maximum atomic E-state index is 12.9. The summed E-state index contributed by atoms with van der Waals surface area (Å²) >= 11 is 0. The molecule has 0 aliphatic carbocycles. The minimum absolute atomic E-state index is 0. The number of nitrogens with one attached hydrogen (secondary N) is 2. The van der Waals surface area contributed by atoms with Crippen LogP contribution in [0.5, 0.6) is 5.75 Å². The normalized spacial score (nSPS) is 25.6. The van der Waals surface area contributed by atoms with Crippen LogP contribution in [0.25, 0.3) is 0 Å². The largest absolute Gasteiger partial charge is 0.492 e. The number of carbonyl (C=O) groups excluding carboxylic acids is 3. The lowest BCUT2D eigenvalue weighted by Crippen LogP contribution is -2.52. The van der Waals surface area contributed by atoms with Crippen molar-refractivity contribution in [3.8, 4) is 5.75 Å². The van der Waals surface area contributed by atoms with Gasteiger partial charge in [-0.3, -0.25) is 19.7 Å². The monoisotopic (exact) mass is 391 g/mol. The smallest absolute Gasteiger partial charge is 0.255 e. The van der Waals surface area contributed by atoms with Gasteiger partial charge in [-0.25, -0.2) is 0 Å². The number of benzene rings is 1. The number of carbonyl (C=O) groups is 3. The maximum Gasteiger partial charge on any atom is 0.255 e. The van der Waals surface area contributed by atoms with Crippen molar-refractivity contribution >= 4 is 30.1 Å². The Kier molecular flexibility index (Phi) is 4.39. The van der Waals surface area contributed by atoms with Gasteiger partial charge in [0.15, 0.2) is 0 Å². The van der Waals surface area contributed by atoms with Crippen LogP contribution in [-0.4, -0.2) is 48.4 Å². The molecular weight excluding hydrogens is 370 g/mol. The average molecular weight is 392 g/mol. The van der Waals surface area contributed by atoms with Crippen molar-refractivity contribution in [1.29, 1.82) is 0 Å². The molecule has 1 aromatic carbocycles. The zero-order valence-electron chi connectivity index (χ0n) is 14.9. The van der Waals surface area contributed by atoms with Gasteiger partial charge in [0.1, 0.15) is 11.8 Å². The third-order valence-electron chi connectivity index (χ3n) is 6.29. The van der Waals surface area contributed by atoms with Crippen molar-refractivity contribution in [2.75, 3.05) is 19.7 Å². The first-order valence-corrected chi connectivity index (χ1v) is 9.24. The lowest BCUT2D eigenvalue weighted by molar-refractivity contribution is -0.136. The molecule has 4 heterocycles. The highest BCUT2D eigenvalue weighted by Gasteiger charge is 2.46. The van der Waals surface area contributed by atoms with Gasteiger partial charge in [-0.2, -0.15) is 0 Å². The van der Waals surface area contributed by atoms with Crippen molar-refractivity contribution in [3.63, 3.8) is 0 Å². The SMILES string of the molecule is Cl.O=C1CC[C@H](N2Cc3c(ccc4c3OCC43CCNCC3)C2=O)C(=O)N1. The third kappa shape index (κ3) is 2.63. The number of rotatable bonds is 1. The van der Waals surface area contributed by atoms with Crippen molar-refractivity contribution in [2.45, 2.75) is 43.7 Å². The summed E-state index contributed by atoms with van der Waals surface area (Å²) in [6.07, 6.45) is 2.71. The van der Waals surface area contributed by atoms with Gasteiger partial charge in [-0.1, -0.05) is 6.07 Å². The Morgan fingerprint density at radius 1 is 1.15 bits per heavy atom. The molecule has 4 aliphatic heterocycles. The standard InChI is InChI=1S/C19H21N3O4.ClH/c23-15-4-3-14(17(24)21-15)22-9-12-11(18(22)25)1-2-13-16(12)26-10-19(13)5-7-20-8-6-19;/h1-2,14,20H,3-10H2,(H,21,23,24);1H/t14-;/m0./s1. The summed E-state index contributed by atoms with van der Waals surface area (Å²) < 4.78 is 6.10. The van der Waals surface area contributed by atoms with Crippen LogP contribution in [0, 0.1) is 0 Å². The maximum absolute atomic E-state index is 12.9. The second-order valence-corrected chi connectivity index (χ2v) is 7.69. The number of nitrogens with zero attached hydrogens (tertiary/aromatic N) is 1. The molecule has 2 saturated heterocycles. The first-order chi connectivity index (χ1) is 12.6. The Labute approximate surface area is 163 Å². The Balaban J connectivity index is 0.00000180. The van der Waals surface area contributed by atoms with E-state index in [1.807, 2.05) is 12.1 Å². The molecule has 8 heteroatoms. The lowest BCUT2D eigenvalue weighted by Gasteiger charge is -2.32. The zero-order chi connectivity index (χ0) is 17.9. The predicted molar refractivity (Wildman–Crippen MR) is 99.0 cm³/mol. The molecular formula is C19H22ClN3O4. The Hall–Kier alpha value is -2.12. The summed E-state index contributed by atoms with van der Waals surface area (Å²) in [7, 11) is 0. The van der Waals surface area contributed by atoms with Crippen LogP contribution < -0.4 is 15.4 Å². The summed E-state index contributed by atoms with van der Waals surface area (Å²) in [5.41, 5.74) is 2.77. The van der Waals surface area contributed by atoms with Crippen LogP contribution in [-0.2, 0) is 21.5 Å². The molecule has 2 fully saturated rings. The van der Waals surface area contributed by atoms with E-state index >= 15 is 0 Å². The molecule has 5 rings (SSSR count). The number of hydrogen-bond acceptors (Lipinski definition) is 5. The summed E-state index contributed by atoms with van der Waals surface area (Å²) in [6, 6.07) is 3.34. The van der Waals surface area contributed by atoms with Crippen LogP contribution >= 0.6 is 12.4 Å². The van der Waals surface area contributed by atoms with Gasteiger partial charge in [0.25, 0.3) is 5.91 Å². The third-order valence-corrected chi connectivity index (χ3v) is 6.29. The number of fused-ring (bicyclic) bond motifs is 4. The van der Waals surface area contributed by atoms with Gasteiger partial charge in [0, 0.05) is 28.5 Å². The van der Waals surface area contributed by atoms with E-state index in [2.05, 4.69) is 10.6 Å². The second kappa shape index (κ2) is 6.49. The van der Waals surface area contributed by atoms with E-state index in [0.717, 1.165) is 37.2 Å². The van der Waals surface area contributed by atoms with E-state index in [9.17, 15) is 14.4 Å². The van der Waals surface area contributed by atoms with E-state index in [0.29, 0.717) is 25.1 Å². The van der Waals surface area contributed by atoms with Crippen LogP contribution in [0.3, 0.4) is 0 Å². The first kappa shape index (κ1) is 18.3. The van der Waals surface area contributed by atoms with Crippen LogP contribution in [0.1, 0.15) is 47.2 Å². The molecule has 0 unspecified atom stereocenters. The molecule has 0 radical (unpaired) electrons. The molecule has 3 amide bonds. The molecule has 27 heavy (non-hydrogen) atoms. The highest BCUT2D eigenvalue weighted by atomic mass is 35.5. The van der Waals surface area contributed by atoms with E-state index in [1.54, 1.807) is 4.90 Å².